The lowest BCUT2D eigenvalue weighted by atomic mass is 10.1. The van der Waals surface area contributed by atoms with Gasteiger partial charge in [0, 0.05) is 37.4 Å². The van der Waals surface area contributed by atoms with Crippen molar-refractivity contribution in [1.29, 1.82) is 0 Å². The summed E-state index contributed by atoms with van der Waals surface area (Å²) >= 11 is 0. The fraction of sp³-hybridized carbons (Fsp3) is 0.115. The Kier molecular flexibility index (Phi) is 5.59. The first-order chi connectivity index (χ1) is 16.2. The van der Waals surface area contributed by atoms with Crippen LogP contribution in [0.5, 0.6) is 5.75 Å². The van der Waals surface area contributed by atoms with E-state index in [-0.39, 0.29) is 11.9 Å². The van der Waals surface area contributed by atoms with Crippen molar-refractivity contribution in [2.75, 3.05) is 0 Å². The van der Waals surface area contributed by atoms with Crippen LogP contribution < -0.4 is 10.1 Å². The van der Waals surface area contributed by atoms with Gasteiger partial charge in [0.05, 0.1) is 5.69 Å². The van der Waals surface area contributed by atoms with Crippen LogP contribution in [-0.2, 0) is 13.7 Å². The Morgan fingerprint density at radius 3 is 2.67 bits per heavy atom. The number of hydrogen-bond donors (Lipinski definition) is 1. The molecule has 0 aliphatic carbocycles. The molecular weight excluding hydrogens is 414 g/mol. The first-order valence-electron chi connectivity index (χ1n) is 10.7. The van der Waals surface area contributed by atoms with Crippen molar-refractivity contribution in [2.24, 2.45) is 7.05 Å². The van der Waals surface area contributed by atoms with Crippen LogP contribution in [0.4, 0.5) is 0 Å². The number of aromatic nitrogens is 4. The van der Waals surface area contributed by atoms with E-state index in [0.717, 1.165) is 22.7 Å². The van der Waals surface area contributed by atoms with E-state index in [1.807, 2.05) is 95.3 Å². The average Bonchev–Trinajstić information content (AvgIpc) is 3.47. The normalized spacial score (nSPS) is 11.9. The van der Waals surface area contributed by atoms with Crippen LogP contribution in [-0.4, -0.2) is 24.8 Å². The van der Waals surface area contributed by atoms with Gasteiger partial charge in [-0.05, 0) is 35.9 Å². The SMILES string of the molecule is Cn1ccnc1[C@@H](NC(=O)c1cccc(OCc2cn3ccccc3n2)c1)c1ccccc1. The van der Waals surface area contributed by atoms with Gasteiger partial charge in [0.1, 0.15) is 29.9 Å². The zero-order chi connectivity index (χ0) is 22.6. The molecule has 5 rings (SSSR count). The van der Waals surface area contributed by atoms with E-state index in [0.29, 0.717) is 17.9 Å². The molecule has 0 unspecified atom stereocenters. The Morgan fingerprint density at radius 1 is 1.03 bits per heavy atom. The van der Waals surface area contributed by atoms with Crippen molar-refractivity contribution in [3.05, 3.63) is 120 Å². The summed E-state index contributed by atoms with van der Waals surface area (Å²) in [5, 5.41) is 3.12. The van der Waals surface area contributed by atoms with E-state index >= 15 is 0 Å². The maximum absolute atomic E-state index is 13.2. The molecule has 0 saturated heterocycles. The van der Waals surface area contributed by atoms with Crippen LogP contribution in [0, 0.1) is 0 Å². The van der Waals surface area contributed by atoms with Crippen molar-refractivity contribution in [3.8, 4) is 5.75 Å². The minimum absolute atomic E-state index is 0.204. The number of nitrogens with zero attached hydrogens (tertiary/aromatic N) is 4. The van der Waals surface area contributed by atoms with Crippen LogP contribution in [0.3, 0.4) is 0 Å². The summed E-state index contributed by atoms with van der Waals surface area (Å²) in [5.41, 5.74) is 3.15. The molecule has 3 aromatic heterocycles. The second kappa shape index (κ2) is 9.00. The Balaban J connectivity index is 1.33. The molecule has 2 aromatic carbocycles. The lowest BCUT2D eigenvalue weighted by Crippen LogP contribution is -2.31. The molecule has 0 spiro atoms. The summed E-state index contributed by atoms with van der Waals surface area (Å²) in [6.07, 6.45) is 7.47. The third-order valence-corrected chi connectivity index (χ3v) is 5.42. The first-order valence-corrected chi connectivity index (χ1v) is 10.7. The lowest BCUT2D eigenvalue weighted by Gasteiger charge is -2.19. The maximum Gasteiger partial charge on any atom is 0.252 e. The van der Waals surface area contributed by atoms with Crippen LogP contribution in [0.2, 0.25) is 0 Å². The standard InChI is InChI=1S/C26H23N5O2/c1-30-15-13-27-25(30)24(19-8-3-2-4-9-19)29-26(32)20-10-7-11-22(16-20)33-18-21-17-31-14-6-5-12-23(31)28-21/h2-17,24H,18H2,1H3,(H,29,32)/t24-/m0/s1. The van der Waals surface area contributed by atoms with Crippen LogP contribution in [0.1, 0.15) is 33.5 Å². The molecule has 7 heteroatoms. The number of ether oxygens (including phenoxy) is 1. The van der Waals surface area contributed by atoms with Gasteiger partial charge in [-0.15, -0.1) is 0 Å². The number of imidazole rings is 2. The van der Waals surface area contributed by atoms with Crippen LogP contribution in [0.25, 0.3) is 5.65 Å². The van der Waals surface area contributed by atoms with Gasteiger partial charge in [0.2, 0.25) is 0 Å². The summed E-state index contributed by atoms with van der Waals surface area (Å²) in [7, 11) is 1.91. The highest BCUT2D eigenvalue weighted by molar-refractivity contribution is 5.95. The number of rotatable bonds is 7. The molecule has 1 N–H and O–H groups in total. The molecule has 1 atom stereocenters. The van der Waals surface area contributed by atoms with Gasteiger partial charge in [-0.2, -0.15) is 0 Å². The molecule has 164 valence electrons. The summed E-state index contributed by atoms with van der Waals surface area (Å²) in [6, 6.07) is 22.4. The van der Waals surface area contributed by atoms with E-state index in [4.69, 9.17) is 4.74 Å². The second-order valence-corrected chi connectivity index (χ2v) is 7.73. The van der Waals surface area contributed by atoms with Crippen LogP contribution >= 0.6 is 0 Å². The smallest absolute Gasteiger partial charge is 0.252 e. The van der Waals surface area contributed by atoms with Crippen molar-refractivity contribution in [2.45, 2.75) is 12.6 Å². The van der Waals surface area contributed by atoms with Crippen molar-refractivity contribution >= 4 is 11.6 Å². The highest BCUT2D eigenvalue weighted by Gasteiger charge is 2.21. The van der Waals surface area contributed by atoms with Crippen molar-refractivity contribution in [3.63, 3.8) is 0 Å². The van der Waals surface area contributed by atoms with Crippen molar-refractivity contribution < 1.29 is 9.53 Å². The molecule has 3 heterocycles. The fourth-order valence-corrected chi connectivity index (χ4v) is 3.75. The van der Waals surface area contributed by atoms with Gasteiger partial charge in [-0.25, -0.2) is 9.97 Å². The van der Waals surface area contributed by atoms with E-state index in [9.17, 15) is 4.79 Å². The van der Waals surface area contributed by atoms with E-state index in [2.05, 4.69) is 15.3 Å². The van der Waals surface area contributed by atoms with Gasteiger partial charge in [0.25, 0.3) is 5.91 Å². The summed E-state index contributed by atoms with van der Waals surface area (Å²) in [6.45, 7) is 0.312. The third-order valence-electron chi connectivity index (χ3n) is 5.42. The Bertz CT molecular complexity index is 1360. The van der Waals surface area contributed by atoms with Gasteiger partial charge in [-0.3, -0.25) is 4.79 Å². The molecule has 0 fully saturated rings. The number of aryl methyl sites for hydroxylation is 1. The second-order valence-electron chi connectivity index (χ2n) is 7.73. The molecule has 0 bridgehead atoms. The van der Waals surface area contributed by atoms with E-state index < -0.39 is 0 Å². The quantitative estimate of drug-likeness (QED) is 0.415. The number of benzene rings is 2. The van der Waals surface area contributed by atoms with Gasteiger partial charge in [-0.1, -0.05) is 42.5 Å². The predicted molar refractivity (Wildman–Crippen MR) is 125 cm³/mol. The zero-order valence-electron chi connectivity index (χ0n) is 18.1. The third kappa shape index (κ3) is 4.48. The number of carbonyl (C=O) groups excluding carboxylic acids is 1. The van der Waals surface area contributed by atoms with Gasteiger partial charge >= 0.3 is 0 Å². The summed E-state index contributed by atoms with van der Waals surface area (Å²) in [4.78, 5) is 22.2. The number of nitrogens with one attached hydrogen (secondary N) is 1. The zero-order valence-corrected chi connectivity index (χ0v) is 18.1. The maximum atomic E-state index is 13.2. The van der Waals surface area contributed by atoms with Gasteiger partial charge in [0.15, 0.2) is 0 Å². The number of hydrogen-bond acceptors (Lipinski definition) is 4. The molecule has 7 nitrogen and oxygen atoms in total. The highest BCUT2D eigenvalue weighted by Crippen LogP contribution is 2.22. The molecule has 5 aromatic rings. The molecular formula is C26H23N5O2. The van der Waals surface area contributed by atoms with Crippen LogP contribution in [0.15, 0.2) is 97.6 Å². The number of amides is 1. The first kappa shape index (κ1) is 20.5. The molecule has 0 aliphatic rings. The van der Waals surface area contributed by atoms with E-state index in [1.165, 1.54) is 0 Å². The Hall–Kier alpha value is -4.39. The largest absolute Gasteiger partial charge is 0.487 e. The number of pyridine rings is 1. The average molecular weight is 438 g/mol. The minimum Gasteiger partial charge on any atom is -0.487 e. The molecule has 1 amide bonds. The number of carbonyl (C=O) groups is 1. The predicted octanol–water partition coefficient (Wildman–Crippen LogP) is 4.17. The minimum atomic E-state index is -0.374. The number of fused-ring (bicyclic) bond motifs is 1. The highest BCUT2D eigenvalue weighted by atomic mass is 16.5. The molecule has 0 radical (unpaired) electrons. The molecule has 0 aliphatic heterocycles. The summed E-state index contributed by atoms with van der Waals surface area (Å²) < 4.78 is 9.78. The summed E-state index contributed by atoms with van der Waals surface area (Å²) in [5.74, 6) is 1.16. The molecule has 33 heavy (non-hydrogen) atoms. The topological polar surface area (TPSA) is 73.5 Å². The van der Waals surface area contributed by atoms with E-state index in [1.54, 1.807) is 18.3 Å². The lowest BCUT2D eigenvalue weighted by molar-refractivity contribution is 0.0940. The Morgan fingerprint density at radius 2 is 1.88 bits per heavy atom. The van der Waals surface area contributed by atoms with Crippen molar-refractivity contribution in [1.82, 2.24) is 24.3 Å². The monoisotopic (exact) mass is 437 g/mol. The molecule has 0 saturated carbocycles. The fourth-order valence-electron chi connectivity index (χ4n) is 3.75. The Labute approximate surface area is 191 Å². The van der Waals surface area contributed by atoms with Gasteiger partial charge < -0.3 is 19.0 Å².